The van der Waals surface area contributed by atoms with Crippen LogP contribution in [0.2, 0.25) is 0 Å². The van der Waals surface area contributed by atoms with Crippen molar-refractivity contribution in [2.24, 2.45) is 0 Å². The molecular weight excluding hydrogens is 268 g/mol. The average Bonchev–Trinajstić information content (AvgIpc) is 2.58. The van der Waals surface area contributed by atoms with E-state index in [0.717, 1.165) is 11.3 Å². The Kier molecular flexibility index (Phi) is 4.83. The van der Waals surface area contributed by atoms with Crippen molar-refractivity contribution in [3.63, 3.8) is 0 Å². The molecule has 0 aromatic heterocycles. The van der Waals surface area contributed by atoms with Crippen molar-refractivity contribution < 1.29 is 14.3 Å². The highest BCUT2D eigenvalue weighted by Gasteiger charge is 2.32. The molecule has 1 aliphatic rings. The molecule has 0 radical (unpaired) electrons. The van der Waals surface area contributed by atoms with E-state index in [1.807, 2.05) is 38.1 Å². The molecule has 1 aliphatic heterocycles. The van der Waals surface area contributed by atoms with Crippen LogP contribution < -0.4 is 10.1 Å². The van der Waals surface area contributed by atoms with E-state index >= 15 is 0 Å². The Bertz CT molecular complexity index is 530. The van der Waals surface area contributed by atoms with Crippen LogP contribution in [0.5, 0.6) is 5.75 Å². The summed E-state index contributed by atoms with van der Waals surface area (Å²) in [6.07, 6.45) is 0.943. The van der Waals surface area contributed by atoms with Gasteiger partial charge in [-0.2, -0.15) is 0 Å². The normalized spacial score (nSPS) is 22.7. The van der Waals surface area contributed by atoms with Gasteiger partial charge in [-0.3, -0.25) is 9.59 Å². The molecule has 0 aliphatic carbocycles. The molecule has 0 saturated carbocycles. The van der Waals surface area contributed by atoms with Crippen LogP contribution in [0.3, 0.4) is 0 Å². The minimum atomic E-state index is -0.423. The number of benzene rings is 1. The fraction of sp³-hybridized carbons (Fsp3) is 0.500. The molecule has 1 aromatic rings. The van der Waals surface area contributed by atoms with E-state index in [1.54, 1.807) is 12.0 Å². The van der Waals surface area contributed by atoms with Crippen LogP contribution in [-0.2, 0) is 16.1 Å². The van der Waals surface area contributed by atoms with Crippen LogP contribution in [0.25, 0.3) is 0 Å². The van der Waals surface area contributed by atoms with Gasteiger partial charge in [-0.05, 0) is 31.0 Å². The van der Waals surface area contributed by atoms with Gasteiger partial charge >= 0.3 is 0 Å². The molecule has 1 saturated heterocycles. The predicted octanol–water partition coefficient (Wildman–Crippen LogP) is 1.71. The molecule has 5 nitrogen and oxygen atoms in total. The quantitative estimate of drug-likeness (QED) is 0.918. The zero-order valence-electron chi connectivity index (χ0n) is 12.8. The van der Waals surface area contributed by atoms with Crippen LogP contribution in [0, 0.1) is 0 Å². The maximum atomic E-state index is 12.6. The molecule has 0 spiro atoms. The summed E-state index contributed by atoms with van der Waals surface area (Å²) < 4.78 is 5.21. The molecule has 2 amide bonds. The Balaban J connectivity index is 2.22. The first-order valence-corrected chi connectivity index (χ1v) is 7.28. The number of carbonyl (C=O) groups excluding carboxylic acids is 2. The Morgan fingerprint density at radius 1 is 1.38 bits per heavy atom. The standard InChI is InChI=1S/C16H22N2O3/c1-4-14-16(20)18(11(2)8-15(19)17-14)10-12-6-5-7-13(9-12)21-3/h5-7,9,11,14H,4,8,10H2,1-3H3,(H,17,19). The van der Waals surface area contributed by atoms with E-state index in [4.69, 9.17) is 4.74 Å². The van der Waals surface area contributed by atoms with E-state index < -0.39 is 6.04 Å². The van der Waals surface area contributed by atoms with E-state index in [-0.39, 0.29) is 17.9 Å². The van der Waals surface area contributed by atoms with Crippen LogP contribution in [-0.4, -0.2) is 35.9 Å². The SMILES string of the molecule is CCC1NC(=O)CC(C)N(Cc2cccc(OC)c2)C1=O. The second kappa shape index (κ2) is 6.61. The number of ether oxygens (including phenoxy) is 1. The van der Waals surface area contributed by atoms with Gasteiger partial charge in [0, 0.05) is 19.0 Å². The third-order valence-electron chi connectivity index (χ3n) is 3.82. The Hall–Kier alpha value is -2.04. The van der Waals surface area contributed by atoms with Gasteiger partial charge in [-0.15, -0.1) is 0 Å². The summed E-state index contributed by atoms with van der Waals surface area (Å²) >= 11 is 0. The van der Waals surface area contributed by atoms with Gasteiger partial charge in [0.2, 0.25) is 11.8 Å². The molecule has 114 valence electrons. The Morgan fingerprint density at radius 3 is 2.81 bits per heavy atom. The van der Waals surface area contributed by atoms with Crippen molar-refractivity contribution >= 4 is 11.8 Å². The van der Waals surface area contributed by atoms with E-state index in [9.17, 15) is 9.59 Å². The summed E-state index contributed by atoms with van der Waals surface area (Å²) in [6.45, 7) is 4.31. The monoisotopic (exact) mass is 290 g/mol. The van der Waals surface area contributed by atoms with Gasteiger partial charge in [0.1, 0.15) is 11.8 Å². The van der Waals surface area contributed by atoms with Crippen molar-refractivity contribution in [3.05, 3.63) is 29.8 Å². The highest BCUT2D eigenvalue weighted by atomic mass is 16.5. The Morgan fingerprint density at radius 2 is 2.14 bits per heavy atom. The van der Waals surface area contributed by atoms with Crippen molar-refractivity contribution in [2.75, 3.05) is 7.11 Å². The van der Waals surface area contributed by atoms with Crippen molar-refractivity contribution in [3.8, 4) is 5.75 Å². The first-order valence-electron chi connectivity index (χ1n) is 7.28. The van der Waals surface area contributed by atoms with Gasteiger partial charge in [-0.25, -0.2) is 0 Å². The number of methoxy groups -OCH3 is 1. The number of amides is 2. The lowest BCUT2D eigenvalue weighted by Gasteiger charge is -2.28. The number of nitrogens with one attached hydrogen (secondary N) is 1. The van der Waals surface area contributed by atoms with Gasteiger partial charge in [-0.1, -0.05) is 19.1 Å². The molecule has 5 heteroatoms. The van der Waals surface area contributed by atoms with Gasteiger partial charge in [0.15, 0.2) is 0 Å². The number of hydrogen-bond donors (Lipinski definition) is 1. The van der Waals surface area contributed by atoms with Crippen molar-refractivity contribution in [2.45, 2.75) is 45.3 Å². The topological polar surface area (TPSA) is 58.6 Å². The molecule has 1 aromatic carbocycles. The van der Waals surface area contributed by atoms with E-state index in [0.29, 0.717) is 19.4 Å². The maximum Gasteiger partial charge on any atom is 0.245 e. The lowest BCUT2D eigenvalue weighted by molar-refractivity contribution is -0.135. The molecule has 1 N–H and O–H groups in total. The first-order chi connectivity index (χ1) is 10.0. The van der Waals surface area contributed by atoms with E-state index in [1.165, 1.54) is 0 Å². The lowest BCUT2D eigenvalue weighted by Crippen LogP contribution is -2.45. The second-order valence-corrected chi connectivity index (χ2v) is 5.40. The smallest absolute Gasteiger partial charge is 0.245 e. The summed E-state index contributed by atoms with van der Waals surface area (Å²) in [5.74, 6) is 0.693. The summed E-state index contributed by atoms with van der Waals surface area (Å²) in [7, 11) is 1.62. The fourth-order valence-electron chi connectivity index (χ4n) is 2.59. The summed E-state index contributed by atoms with van der Waals surface area (Å²) in [5, 5.41) is 2.79. The minimum absolute atomic E-state index is 0.0151. The van der Waals surface area contributed by atoms with Crippen molar-refractivity contribution in [1.82, 2.24) is 10.2 Å². The van der Waals surface area contributed by atoms with Crippen LogP contribution in [0.4, 0.5) is 0 Å². The highest BCUT2D eigenvalue weighted by molar-refractivity contribution is 5.90. The molecule has 0 bridgehead atoms. The minimum Gasteiger partial charge on any atom is -0.497 e. The molecular formula is C16H22N2O3. The third kappa shape index (κ3) is 3.54. The third-order valence-corrected chi connectivity index (χ3v) is 3.82. The highest BCUT2D eigenvalue weighted by Crippen LogP contribution is 2.19. The van der Waals surface area contributed by atoms with Crippen LogP contribution in [0.15, 0.2) is 24.3 Å². The molecule has 21 heavy (non-hydrogen) atoms. The lowest BCUT2D eigenvalue weighted by atomic mass is 10.1. The fourth-order valence-corrected chi connectivity index (χ4v) is 2.59. The average molecular weight is 290 g/mol. The summed E-state index contributed by atoms with van der Waals surface area (Å²) in [4.78, 5) is 26.1. The maximum absolute atomic E-state index is 12.6. The summed E-state index contributed by atoms with van der Waals surface area (Å²) in [6, 6.07) is 7.12. The largest absolute Gasteiger partial charge is 0.497 e. The molecule has 2 unspecified atom stereocenters. The first kappa shape index (κ1) is 15.4. The van der Waals surface area contributed by atoms with Crippen molar-refractivity contribution in [1.29, 1.82) is 0 Å². The zero-order chi connectivity index (χ0) is 15.4. The van der Waals surface area contributed by atoms with Gasteiger partial charge < -0.3 is 15.0 Å². The second-order valence-electron chi connectivity index (χ2n) is 5.40. The van der Waals surface area contributed by atoms with Gasteiger partial charge in [0.25, 0.3) is 0 Å². The predicted molar refractivity (Wildman–Crippen MR) is 79.8 cm³/mol. The Labute approximate surface area is 125 Å². The number of hydrogen-bond acceptors (Lipinski definition) is 3. The molecule has 2 atom stereocenters. The molecule has 2 rings (SSSR count). The van der Waals surface area contributed by atoms with Crippen LogP contribution in [0.1, 0.15) is 32.3 Å². The number of carbonyl (C=O) groups is 2. The zero-order valence-corrected chi connectivity index (χ0v) is 12.8. The van der Waals surface area contributed by atoms with E-state index in [2.05, 4.69) is 5.32 Å². The van der Waals surface area contributed by atoms with Gasteiger partial charge in [0.05, 0.1) is 7.11 Å². The van der Waals surface area contributed by atoms with Crippen LogP contribution >= 0.6 is 0 Å². The number of nitrogens with zero attached hydrogens (tertiary/aromatic N) is 1. The molecule has 1 heterocycles. The number of rotatable bonds is 4. The molecule has 1 fully saturated rings. The summed E-state index contributed by atoms with van der Waals surface area (Å²) in [5.41, 5.74) is 0.999.